The van der Waals surface area contributed by atoms with Gasteiger partial charge in [0.05, 0.1) is 6.04 Å². The molecule has 0 aromatic heterocycles. The normalized spacial score (nSPS) is 23.3. The second kappa shape index (κ2) is 8.78. The van der Waals surface area contributed by atoms with Gasteiger partial charge in [-0.05, 0) is 61.8 Å². The second-order valence-corrected chi connectivity index (χ2v) is 7.99. The molecule has 1 aromatic carbocycles. The number of carbonyl (C=O) groups excluding carboxylic acids is 2. The van der Waals surface area contributed by atoms with Crippen LogP contribution in [0.5, 0.6) is 0 Å². The maximum Gasteiger partial charge on any atom is 0.291 e. The van der Waals surface area contributed by atoms with Crippen LogP contribution in [0.4, 0.5) is 0 Å². The summed E-state index contributed by atoms with van der Waals surface area (Å²) in [6, 6.07) is 7.68. The number of rotatable bonds is 4. The summed E-state index contributed by atoms with van der Waals surface area (Å²) in [7, 11) is 0. The lowest BCUT2D eigenvalue weighted by atomic mass is 9.84. The number of nitrogens with zero attached hydrogens (tertiary/aromatic N) is 3. The average Bonchev–Trinajstić information content (AvgIpc) is 2.99. The van der Waals surface area contributed by atoms with E-state index in [1.54, 1.807) is 0 Å². The molecule has 2 amide bonds. The summed E-state index contributed by atoms with van der Waals surface area (Å²) in [6.07, 6.45) is 9.32. The lowest BCUT2D eigenvalue weighted by molar-refractivity contribution is -0.115. The molecule has 148 valence electrons. The number of benzene rings is 1. The largest absolute Gasteiger partial charge is 0.291 e. The zero-order valence-corrected chi connectivity index (χ0v) is 16.3. The molecule has 6 nitrogen and oxygen atoms in total. The van der Waals surface area contributed by atoms with Crippen LogP contribution in [0.2, 0.25) is 0 Å². The van der Waals surface area contributed by atoms with Crippen molar-refractivity contribution in [3.63, 3.8) is 0 Å². The van der Waals surface area contributed by atoms with Crippen molar-refractivity contribution in [1.29, 1.82) is 0 Å². The Morgan fingerprint density at radius 3 is 2.68 bits per heavy atom. The SMILES string of the molecule is O=C1N=NC(Cc2cccc(C(=O)NN3CCCCCC3)c2)C2=C1CCCC2. The summed E-state index contributed by atoms with van der Waals surface area (Å²) in [6.45, 7) is 1.83. The highest BCUT2D eigenvalue weighted by molar-refractivity contribution is 5.95. The van der Waals surface area contributed by atoms with E-state index >= 15 is 0 Å². The molecule has 0 radical (unpaired) electrons. The standard InChI is InChI=1S/C22H28N4O2/c27-21(25-26-12-5-1-2-6-13-26)17-9-7-8-16(14-17)15-20-18-10-3-4-11-19(18)22(28)24-23-20/h7-9,14,20H,1-6,10-13,15H2,(H,25,27). The number of azo groups is 1. The first-order valence-corrected chi connectivity index (χ1v) is 10.5. The number of hydrogen-bond donors (Lipinski definition) is 1. The smallest absolute Gasteiger partial charge is 0.285 e. The fourth-order valence-corrected chi connectivity index (χ4v) is 4.41. The summed E-state index contributed by atoms with van der Waals surface area (Å²) in [4.78, 5) is 24.7. The minimum Gasteiger partial charge on any atom is -0.285 e. The summed E-state index contributed by atoms with van der Waals surface area (Å²) in [5.41, 5.74) is 6.81. The highest BCUT2D eigenvalue weighted by Gasteiger charge is 2.29. The van der Waals surface area contributed by atoms with E-state index in [1.165, 1.54) is 12.8 Å². The van der Waals surface area contributed by atoms with Crippen molar-refractivity contribution in [2.24, 2.45) is 10.2 Å². The van der Waals surface area contributed by atoms with E-state index in [0.717, 1.165) is 68.3 Å². The second-order valence-electron chi connectivity index (χ2n) is 7.99. The van der Waals surface area contributed by atoms with Gasteiger partial charge in [0, 0.05) is 30.6 Å². The quantitative estimate of drug-likeness (QED) is 0.858. The van der Waals surface area contributed by atoms with Gasteiger partial charge in [-0.2, -0.15) is 5.11 Å². The fourth-order valence-electron chi connectivity index (χ4n) is 4.41. The maximum atomic E-state index is 12.7. The molecule has 28 heavy (non-hydrogen) atoms. The first-order chi connectivity index (χ1) is 13.7. The molecule has 1 unspecified atom stereocenters. The minimum absolute atomic E-state index is 0.0539. The van der Waals surface area contributed by atoms with Gasteiger partial charge < -0.3 is 0 Å². The minimum atomic E-state index is -0.156. The lowest BCUT2D eigenvalue weighted by Crippen LogP contribution is -2.42. The average molecular weight is 380 g/mol. The molecule has 1 N–H and O–H groups in total. The summed E-state index contributed by atoms with van der Waals surface area (Å²) in [5.74, 6) is -0.210. The van der Waals surface area contributed by atoms with Crippen LogP contribution in [0.1, 0.15) is 67.3 Å². The predicted molar refractivity (Wildman–Crippen MR) is 107 cm³/mol. The van der Waals surface area contributed by atoms with Crippen LogP contribution in [0, 0.1) is 0 Å². The van der Waals surface area contributed by atoms with E-state index in [0.29, 0.717) is 12.0 Å². The predicted octanol–water partition coefficient (Wildman–Crippen LogP) is 3.98. The van der Waals surface area contributed by atoms with Gasteiger partial charge in [-0.1, -0.05) is 25.0 Å². The van der Waals surface area contributed by atoms with Crippen LogP contribution >= 0.6 is 0 Å². The van der Waals surface area contributed by atoms with E-state index < -0.39 is 0 Å². The van der Waals surface area contributed by atoms with E-state index in [-0.39, 0.29) is 17.9 Å². The van der Waals surface area contributed by atoms with Gasteiger partial charge in [-0.15, -0.1) is 5.11 Å². The zero-order valence-electron chi connectivity index (χ0n) is 16.3. The number of carbonyl (C=O) groups is 2. The zero-order chi connectivity index (χ0) is 19.3. The van der Waals surface area contributed by atoms with Crippen LogP contribution < -0.4 is 5.43 Å². The van der Waals surface area contributed by atoms with Gasteiger partial charge in [-0.3, -0.25) is 15.0 Å². The molecule has 6 heteroatoms. The van der Waals surface area contributed by atoms with E-state index in [9.17, 15) is 9.59 Å². The van der Waals surface area contributed by atoms with Crippen molar-refractivity contribution in [1.82, 2.24) is 10.4 Å². The molecule has 4 rings (SSSR count). The van der Waals surface area contributed by atoms with E-state index in [2.05, 4.69) is 15.7 Å². The molecular weight excluding hydrogens is 352 g/mol. The Hall–Kier alpha value is -2.34. The highest BCUT2D eigenvalue weighted by atomic mass is 16.2. The van der Waals surface area contributed by atoms with Crippen LogP contribution in [0.15, 0.2) is 45.6 Å². The van der Waals surface area contributed by atoms with Gasteiger partial charge >= 0.3 is 0 Å². The number of nitrogens with one attached hydrogen (secondary N) is 1. The van der Waals surface area contributed by atoms with Crippen molar-refractivity contribution >= 4 is 11.8 Å². The molecule has 3 aliphatic rings. The van der Waals surface area contributed by atoms with Gasteiger partial charge in [-0.25, -0.2) is 5.01 Å². The van der Waals surface area contributed by atoms with Gasteiger partial charge in [0.15, 0.2) is 0 Å². The molecule has 0 spiro atoms. The van der Waals surface area contributed by atoms with Crippen molar-refractivity contribution in [3.05, 3.63) is 46.5 Å². The number of hydrogen-bond acceptors (Lipinski definition) is 4. The molecule has 1 atom stereocenters. The highest BCUT2D eigenvalue weighted by Crippen LogP contribution is 2.33. The van der Waals surface area contributed by atoms with Crippen LogP contribution in [-0.2, 0) is 11.2 Å². The topological polar surface area (TPSA) is 74.1 Å². The Labute approximate surface area is 166 Å². The first kappa shape index (κ1) is 19.0. The van der Waals surface area contributed by atoms with Crippen LogP contribution in [0.3, 0.4) is 0 Å². The monoisotopic (exact) mass is 380 g/mol. The Kier molecular flexibility index (Phi) is 5.95. The molecule has 0 bridgehead atoms. The van der Waals surface area contributed by atoms with Crippen molar-refractivity contribution in [3.8, 4) is 0 Å². The first-order valence-electron chi connectivity index (χ1n) is 10.5. The Bertz CT molecular complexity index is 807. The third-order valence-electron chi connectivity index (χ3n) is 5.94. The maximum absolute atomic E-state index is 12.7. The molecule has 0 saturated carbocycles. The fraction of sp³-hybridized carbons (Fsp3) is 0.545. The third-order valence-corrected chi connectivity index (χ3v) is 5.94. The Morgan fingerprint density at radius 2 is 1.86 bits per heavy atom. The number of hydrazine groups is 1. The van der Waals surface area contributed by atoms with Gasteiger partial charge in [0.2, 0.25) is 0 Å². The van der Waals surface area contributed by atoms with Crippen LogP contribution in [0.25, 0.3) is 0 Å². The van der Waals surface area contributed by atoms with Crippen LogP contribution in [-0.4, -0.2) is 36.0 Å². The molecule has 1 aliphatic carbocycles. The van der Waals surface area contributed by atoms with Crippen molar-refractivity contribution < 1.29 is 9.59 Å². The summed E-state index contributed by atoms with van der Waals surface area (Å²) < 4.78 is 0. The summed E-state index contributed by atoms with van der Waals surface area (Å²) >= 11 is 0. The molecular formula is C22H28N4O2. The van der Waals surface area contributed by atoms with E-state index in [4.69, 9.17) is 0 Å². The molecule has 1 aromatic rings. The number of amides is 2. The van der Waals surface area contributed by atoms with Crippen molar-refractivity contribution in [2.45, 2.75) is 63.8 Å². The molecule has 2 heterocycles. The third kappa shape index (κ3) is 4.38. The Morgan fingerprint density at radius 1 is 1.07 bits per heavy atom. The summed E-state index contributed by atoms with van der Waals surface area (Å²) in [5, 5.41) is 10.2. The lowest BCUT2D eigenvalue weighted by Gasteiger charge is -2.26. The Balaban J connectivity index is 1.45. The van der Waals surface area contributed by atoms with Gasteiger partial charge in [0.1, 0.15) is 0 Å². The van der Waals surface area contributed by atoms with E-state index in [1.807, 2.05) is 29.3 Å². The molecule has 1 fully saturated rings. The molecule has 2 aliphatic heterocycles. The van der Waals surface area contributed by atoms with Gasteiger partial charge in [0.25, 0.3) is 11.8 Å². The van der Waals surface area contributed by atoms with Crippen molar-refractivity contribution in [2.75, 3.05) is 13.1 Å². The molecule has 1 saturated heterocycles.